The summed E-state index contributed by atoms with van der Waals surface area (Å²) in [6.07, 6.45) is 0. The lowest BCUT2D eigenvalue weighted by Gasteiger charge is -2.07. The summed E-state index contributed by atoms with van der Waals surface area (Å²) < 4.78 is 22.5. The standard InChI is InChI=1S/C18H18N4O3S2/c1-11-3-8-15(12(2)9-11)21-18-22-16(10-26-18)17(23)20-13-4-6-14(7-5-13)27(19,24)25/h3-10H,1-2H3,(H,20,23)(H,21,22)(H2,19,24,25). The fourth-order valence-electron chi connectivity index (χ4n) is 2.43. The number of carbonyl (C=O) groups excluding carboxylic acids is 1. The molecule has 0 bridgehead atoms. The minimum Gasteiger partial charge on any atom is -0.331 e. The Bertz CT molecular complexity index is 1090. The molecule has 0 radical (unpaired) electrons. The average Bonchev–Trinajstić information content (AvgIpc) is 3.06. The number of hydrogen-bond donors (Lipinski definition) is 3. The monoisotopic (exact) mass is 402 g/mol. The van der Waals surface area contributed by atoms with Gasteiger partial charge in [-0.3, -0.25) is 4.79 Å². The second kappa shape index (κ2) is 7.47. The van der Waals surface area contributed by atoms with E-state index in [1.807, 2.05) is 26.0 Å². The number of nitrogens with one attached hydrogen (secondary N) is 2. The first-order valence-electron chi connectivity index (χ1n) is 7.96. The number of carbonyl (C=O) groups is 1. The van der Waals surface area contributed by atoms with Crippen LogP contribution in [0, 0.1) is 13.8 Å². The molecule has 3 rings (SSSR count). The number of hydrogen-bond acceptors (Lipinski definition) is 6. The molecule has 0 fully saturated rings. The van der Waals surface area contributed by atoms with Crippen molar-refractivity contribution in [3.8, 4) is 0 Å². The van der Waals surface area contributed by atoms with E-state index in [0.29, 0.717) is 10.8 Å². The van der Waals surface area contributed by atoms with Crippen LogP contribution < -0.4 is 15.8 Å². The number of nitrogens with zero attached hydrogens (tertiary/aromatic N) is 1. The average molecular weight is 403 g/mol. The molecule has 0 unspecified atom stereocenters. The largest absolute Gasteiger partial charge is 0.331 e. The fraction of sp³-hybridized carbons (Fsp3) is 0.111. The first-order chi connectivity index (χ1) is 12.7. The van der Waals surface area contributed by atoms with Gasteiger partial charge in [0.25, 0.3) is 5.91 Å². The Kier molecular flexibility index (Phi) is 5.26. The van der Waals surface area contributed by atoms with Crippen LogP contribution in [0.3, 0.4) is 0 Å². The zero-order valence-corrected chi connectivity index (χ0v) is 16.3. The molecule has 0 spiro atoms. The van der Waals surface area contributed by atoms with Gasteiger partial charge in [0, 0.05) is 16.8 Å². The SMILES string of the molecule is Cc1ccc(Nc2nc(C(=O)Nc3ccc(S(N)(=O)=O)cc3)cs2)c(C)c1. The minimum atomic E-state index is -3.76. The fourth-order valence-corrected chi connectivity index (χ4v) is 3.65. The molecule has 0 aliphatic carbocycles. The zero-order valence-electron chi connectivity index (χ0n) is 14.7. The van der Waals surface area contributed by atoms with Crippen molar-refractivity contribution in [3.05, 3.63) is 64.7 Å². The zero-order chi connectivity index (χ0) is 19.6. The van der Waals surface area contributed by atoms with E-state index in [0.717, 1.165) is 11.3 Å². The van der Waals surface area contributed by atoms with E-state index in [-0.39, 0.29) is 16.5 Å². The summed E-state index contributed by atoms with van der Waals surface area (Å²) in [5.74, 6) is -0.386. The van der Waals surface area contributed by atoms with Crippen LogP contribution in [-0.4, -0.2) is 19.3 Å². The van der Waals surface area contributed by atoms with Gasteiger partial charge >= 0.3 is 0 Å². The van der Waals surface area contributed by atoms with Crippen molar-refractivity contribution < 1.29 is 13.2 Å². The van der Waals surface area contributed by atoms with Gasteiger partial charge < -0.3 is 10.6 Å². The molecule has 0 atom stereocenters. The van der Waals surface area contributed by atoms with Gasteiger partial charge in [-0.15, -0.1) is 11.3 Å². The third kappa shape index (κ3) is 4.70. The second-order valence-corrected chi connectivity index (χ2v) is 8.42. The summed E-state index contributed by atoms with van der Waals surface area (Å²) in [4.78, 5) is 16.6. The normalized spacial score (nSPS) is 11.2. The number of benzene rings is 2. The van der Waals surface area contributed by atoms with E-state index < -0.39 is 10.0 Å². The lowest BCUT2D eigenvalue weighted by atomic mass is 10.1. The summed E-state index contributed by atoms with van der Waals surface area (Å²) in [6.45, 7) is 4.03. The predicted molar refractivity (Wildman–Crippen MR) is 107 cm³/mol. The summed E-state index contributed by atoms with van der Waals surface area (Å²) in [5.41, 5.74) is 3.91. The van der Waals surface area contributed by atoms with Crippen molar-refractivity contribution in [2.75, 3.05) is 10.6 Å². The van der Waals surface area contributed by atoms with E-state index in [9.17, 15) is 13.2 Å². The Morgan fingerprint density at radius 1 is 1.11 bits per heavy atom. The van der Waals surface area contributed by atoms with E-state index in [2.05, 4.69) is 21.7 Å². The minimum absolute atomic E-state index is 0.0193. The highest BCUT2D eigenvalue weighted by molar-refractivity contribution is 7.89. The number of anilines is 3. The number of primary sulfonamides is 1. The van der Waals surface area contributed by atoms with Gasteiger partial charge in [0.1, 0.15) is 5.69 Å². The van der Waals surface area contributed by atoms with Crippen LogP contribution in [0.5, 0.6) is 0 Å². The van der Waals surface area contributed by atoms with Crippen molar-refractivity contribution in [1.29, 1.82) is 0 Å². The van der Waals surface area contributed by atoms with E-state index in [1.165, 1.54) is 41.2 Å². The van der Waals surface area contributed by atoms with Crippen LogP contribution in [0.1, 0.15) is 21.6 Å². The number of aromatic nitrogens is 1. The molecule has 1 heterocycles. The van der Waals surface area contributed by atoms with E-state index in [1.54, 1.807) is 5.38 Å². The molecule has 3 aromatic rings. The van der Waals surface area contributed by atoms with Crippen molar-refractivity contribution in [1.82, 2.24) is 4.98 Å². The maximum Gasteiger partial charge on any atom is 0.275 e. The smallest absolute Gasteiger partial charge is 0.275 e. The van der Waals surface area contributed by atoms with Gasteiger partial charge in [-0.05, 0) is 49.7 Å². The molecule has 2 aromatic carbocycles. The Morgan fingerprint density at radius 3 is 2.44 bits per heavy atom. The van der Waals surface area contributed by atoms with Crippen molar-refractivity contribution in [3.63, 3.8) is 0 Å². The predicted octanol–water partition coefficient (Wildman–Crippen LogP) is 3.40. The first-order valence-corrected chi connectivity index (χ1v) is 10.4. The van der Waals surface area contributed by atoms with Crippen LogP contribution in [0.25, 0.3) is 0 Å². The highest BCUT2D eigenvalue weighted by Gasteiger charge is 2.13. The highest BCUT2D eigenvalue weighted by Crippen LogP contribution is 2.24. The number of aryl methyl sites for hydroxylation is 2. The molecular formula is C18H18N4O3S2. The molecule has 140 valence electrons. The van der Waals surface area contributed by atoms with E-state index in [4.69, 9.17) is 5.14 Å². The van der Waals surface area contributed by atoms with Gasteiger partial charge in [0.2, 0.25) is 10.0 Å². The van der Waals surface area contributed by atoms with Crippen molar-refractivity contribution >= 4 is 43.8 Å². The molecule has 0 saturated carbocycles. The molecular weight excluding hydrogens is 384 g/mol. The third-order valence-corrected chi connectivity index (χ3v) is 5.49. The highest BCUT2D eigenvalue weighted by atomic mass is 32.2. The molecule has 0 saturated heterocycles. The Labute approximate surface area is 161 Å². The van der Waals surface area contributed by atoms with Crippen LogP contribution in [0.2, 0.25) is 0 Å². The van der Waals surface area contributed by atoms with Crippen molar-refractivity contribution in [2.45, 2.75) is 18.7 Å². The van der Waals surface area contributed by atoms with Gasteiger partial charge in [0.15, 0.2) is 5.13 Å². The van der Waals surface area contributed by atoms with Crippen LogP contribution in [0.15, 0.2) is 52.7 Å². The maximum absolute atomic E-state index is 12.3. The van der Waals surface area contributed by atoms with Gasteiger partial charge in [0.05, 0.1) is 4.90 Å². The summed E-state index contributed by atoms with van der Waals surface area (Å²) in [7, 11) is -3.76. The third-order valence-electron chi connectivity index (χ3n) is 3.80. The van der Waals surface area contributed by atoms with Crippen molar-refractivity contribution in [2.24, 2.45) is 5.14 Å². The first kappa shape index (κ1) is 19.0. The number of sulfonamides is 1. The van der Waals surface area contributed by atoms with Gasteiger partial charge in [-0.25, -0.2) is 18.5 Å². The molecule has 27 heavy (non-hydrogen) atoms. The quantitative estimate of drug-likeness (QED) is 0.605. The van der Waals surface area contributed by atoms with Crippen LogP contribution >= 0.6 is 11.3 Å². The van der Waals surface area contributed by atoms with Gasteiger partial charge in [-0.2, -0.15) is 0 Å². The summed E-state index contributed by atoms with van der Waals surface area (Å²) in [5, 5.41) is 13.2. The van der Waals surface area contributed by atoms with Crippen LogP contribution in [0.4, 0.5) is 16.5 Å². The maximum atomic E-state index is 12.3. The molecule has 9 heteroatoms. The molecule has 7 nitrogen and oxygen atoms in total. The molecule has 4 N–H and O–H groups in total. The van der Waals surface area contributed by atoms with Crippen LogP contribution in [-0.2, 0) is 10.0 Å². The molecule has 1 amide bonds. The second-order valence-electron chi connectivity index (χ2n) is 6.00. The number of rotatable bonds is 5. The summed E-state index contributed by atoms with van der Waals surface area (Å²) in [6, 6.07) is 11.6. The molecule has 1 aromatic heterocycles. The number of thiazole rings is 1. The summed E-state index contributed by atoms with van der Waals surface area (Å²) >= 11 is 1.32. The Hall–Kier alpha value is -2.75. The van der Waals surface area contributed by atoms with Gasteiger partial charge in [-0.1, -0.05) is 17.7 Å². The number of amides is 1. The Balaban J connectivity index is 1.69. The topological polar surface area (TPSA) is 114 Å². The lowest BCUT2D eigenvalue weighted by Crippen LogP contribution is -2.14. The van der Waals surface area contributed by atoms with E-state index >= 15 is 0 Å². The number of nitrogens with two attached hydrogens (primary N) is 1. The lowest BCUT2D eigenvalue weighted by molar-refractivity contribution is 0.102. The molecule has 0 aliphatic rings. The Morgan fingerprint density at radius 2 is 1.81 bits per heavy atom. The molecule has 0 aliphatic heterocycles.